The molecule has 1 aromatic carbocycles. The molecule has 0 spiro atoms. The van der Waals surface area contributed by atoms with Crippen molar-refractivity contribution in [2.45, 2.75) is 25.9 Å². The molecule has 0 radical (unpaired) electrons. The normalized spacial score (nSPS) is 14.3. The van der Waals surface area contributed by atoms with Crippen LogP contribution in [0.3, 0.4) is 0 Å². The molecule has 1 aromatic rings. The van der Waals surface area contributed by atoms with Gasteiger partial charge in [-0.2, -0.15) is 0 Å². The van der Waals surface area contributed by atoms with Crippen molar-refractivity contribution < 1.29 is 9.18 Å². The predicted molar refractivity (Wildman–Crippen MR) is 93.1 cm³/mol. The first-order valence-corrected chi connectivity index (χ1v) is 6.78. The van der Waals surface area contributed by atoms with Gasteiger partial charge >= 0.3 is 0 Å². The number of likely N-dealkylation sites (N-methyl/N-ethyl adjacent to an activating group) is 1. The Kier molecular flexibility index (Phi) is 11.5. The second kappa shape index (κ2) is 10.8. The van der Waals surface area contributed by atoms with Gasteiger partial charge in [-0.15, -0.1) is 24.8 Å². The van der Waals surface area contributed by atoms with Crippen LogP contribution in [0.4, 0.5) is 4.39 Å². The van der Waals surface area contributed by atoms with Gasteiger partial charge < -0.3 is 16.0 Å². The van der Waals surface area contributed by atoms with Crippen LogP contribution in [0.5, 0.6) is 0 Å². The van der Waals surface area contributed by atoms with E-state index < -0.39 is 0 Å². The van der Waals surface area contributed by atoms with E-state index in [1.807, 2.05) is 32.8 Å². The summed E-state index contributed by atoms with van der Waals surface area (Å²) in [5.41, 5.74) is 6.68. The fraction of sp³-hybridized carbons (Fsp3) is 0.533. The number of halogens is 3. The summed E-state index contributed by atoms with van der Waals surface area (Å²) in [6.07, 6.45) is 0. The van der Waals surface area contributed by atoms with Gasteiger partial charge in [-0.25, -0.2) is 4.39 Å². The molecule has 4 nitrogen and oxygen atoms in total. The number of benzene rings is 1. The minimum Gasteiger partial charge on any atom is -0.354 e. The molecule has 0 fully saturated rings. The van der Waals surface area contributed by atoms with Crippen LogP contribution in [-0.2, 0) is 4.79 Å². The van der Waals surface area contributed by atoms with Gasteiger partial charge in [0.15, 0.2) is 0 Å². The lowest BCUT2D eigenvalue weighted by Gasteiger charge is -2.26. The summed E-state index contributed by atoms with van der Waals surface area (Å²) in [7, 11) is 3.85. The van der Waals surface area contributed by atoms with Crippen molar-refractivity contribution >= 4 is 30.7 Å². The molecule has 3 atom stereocenters. The number of amides is 1. The van der Waals surface area contributed by atoms with Crippen molar-refractivity contribution in [2.24, 2.45) is 11.7 Å². The maximum Gasteiger partial charge on any atom is 0.224 e. The highest BCUT2D eigenvalue weighted by molar-refractivity contribution is 5.85. The lowest BCUT2D eigenvalue weighted by molar-refractivity contribution is -0.125. The van der Waals surface area contributed by atoms with Crippen molar-refractivity contribution in [3.05, 3.63) is 35.6 Å². The van der Waals surface area contributed by atoms with Crippen LogP contribution in [0.1, 0.15) is 25.5 Å². The van der Waals surface area contributed by atoms with Gasteiger partial charge in [0.1, 0.15) is 5.82 Å². The SMILES string of the molecule is CC(N)C(C)C(=O)NCC(c1ccc(F)cc1)N(C)C.Cl.Cl. The first kappa shape index (κ1) is 23.4. The molecule has 0 aromatic heterocycles. The Bertz CT molecular complexity index is 441. The smallest absolute Gasteiger partial charge is 0.224 e. The van der Waals surface area contributed by atoms with E-state index >= 15 is 0 Å². The second-order valence-corrected chi connectivity index (χ2v) is 5.42. The van der Waals surface area contributed by atoms with Crippen LogP contribution in [0.25, 0.3) is 0 Å². The number of carbonyl (C=O) groups is 1. The Labute approximate surface area is 144 Å². The van der Waals surface area contributed by atoms with E-state index in [9.17, 15) is 9.18 Å². The fourth-order valence-corrected chi connectivity index (χ4v) is 1.88. The summed E-state index contributed by atoms with van der Waals surface area (Å²) >= 11 is 0. The Morgan fingerprint density at radius 2 is 1.73 bits per heavy atom. The number of carbonyl (C=O) groups excluding carboxylic acids is 1. The number of nitrogens with one attached hydrogen (secondary N) is 1. The molecular weight excluding hydrogens is 328 g/mol. The number of hydrogen-bond acceptors (Lipinski definition) is 3. The van der Waals surface area contributed by atoms with Crippen LogP contribution in [-0.4, -0.2) is 37.5 Å². The summed E-state index contributed by atoms with van der Waals surface area (Å²) in [6, 6.07) is 6.15. The third kappa shape index (κ3) is 6.92. The van der Waals surface area contributed by atoms with E-state index in [2.05, 4.69) is 5.32 Å². The van der Waals surface area contributed by atoms with Crippen LogP contribution in [0.2, 0.25) is 0 Å². The molecule has 7 heteroatoms. The van der Waals surface area contributed by atoms with E-state index in [1.165, 1.54) is 12.1 Å². The number of rotatable bonds is 6. The maximum atomic E-state index is 13.0. The fourth-order valence-electron chi connectivity index (χ4n) is 1.88. The van der Waals surface area contributed by atoms with Gasteiger partial charge in [0, 0.05) is 18.5 Å². The van der Waals surface area contributed by atoms with E-state index in [0.717, 1.165) is 5.56 Å². The van der Waals surface area contributed by atoms with Gasteiger partial charge in [0.05, 0.1) is 6.04 Å². The number of nitrogens with two attached hydrogens (primary N) is 1. The molecule has 3 N–H and O–H groups in total. The van der Waals surface area contributed by atoms with Crippen molar-refractivity contribution in [3.8, 4) is 0 Å². The van der Waals surface area contributed by atoms with Gasteiger partial charge in [-0.3, -0.25) is 4.79 Å². The van der Waals surface area contributed by atoms with E-state index in [0.29, 0.717) is 6.54 Å². The largest absolute Gasteiger partial charge is 0.354 e. The summed E-state index contributed by atoms with van der Waals surface area (Å²) in [5.74, 6) is -0.555. The Hall–Kier alpha value is -0.880. The van der Waals surface area contributed by atoms with Gasteiger partial charge in [-0.1, -0.05) is 19.1 Å². The average molecular weight is 354 g/mol. The van der Waals surface area contributed by atoms with Crippen molar-refractivity contribution in [1.29, 1.82) is 0 Å². The predicted octanol–water partition coefficient (Wildman–Crippen LogP) is 2.37. The standard InChI is InChI=1S/C15H24FN3O.2ClH/c1-10(11(2)17)15(20)18-9-14(19(3)4)12-5-7-13(16)8-6-12;;/h5-8,10-11,14H,9,17H2,1-4H3,(H,18,20);2*1H. The third-order valence-corrected chi connectivity index (χ3v) is 3.55. The first-order valence-electron chi connectivity index (χ1n) is 6.78. The molecule has 0 saturated carbocycles. The van der Waals surface area contributed by atoms with Crippen LogP contribution in [0.15, 0.2) is 24.3 Å². The minimum absolute atomic E-state index is 0. The summed E-state index contributed by atoms with van der Waals surface area (Å²) in [6.45, 7) is 4.09. The molecule has 0 heterocycles. The van der Waals surface area contributed by atoms with Crippen molar-refractivity contribution in [2.75, 3.05) is 20.6 Å². The van der Waals surface area contributed by atoms with Gasteiger partial charge in [-0.05, 0) is 38.7 Å². The van der Waals surface area contributed by atoms with Crippen LogP contribution >= 0.6 is 24.8 Å². The van der Waals surface area contributed by atoms with Crippen LogP contribution in [0, 0.1) is 11.7 Å². The van der Waals surface area contributed by atoms with E-state index in [4.69, 9.17) is 5.73 Å². The summed E-state index contributed by atoms with van der Waals surface area (Å²) < 4.78 is 13.0. The third-order valence-electron chi connectivity index (χ3n) is 3.55. The monoisotopic (exact) mass is 353 g/mol. The molecule has 0 bridgehead atoms. The van der Waals surface area contributed by atoms with Gasteiger partial charge in [0.25, 0.3) is 0 Å². The first-order chi connectivity index (χ1) is 9.32. The lowest BCUT2D eigenvalue weighted by Crippen LogP contribution is -2.41. The molecule has 0 saturated heterocycles. The molecule has 22 heavy (non-hydrogen) atoms. The number of nitrogens with zero attached hydrogens (tertiary/aromatic N) is 1. The Balaban J connectivity index is 0. The van der Waals surface area contributed by atoms with E-state index in [-0.39, 0.29) is 54.5 Å². The molecule has 0 aliphatic rings. The topological polar surface area (TPSA) is 58.4 Å². The molecule has 1 rings (SSSR count). The Morgan fingerprint density at radius 1 is 1.23 bits per heavy atom. The quantitative estimate of drug-likeness (QED) is 0.825. The second-order valence-electron chi connectivity index (χ2n) is 5.42. The molecule has 1 amide bonds. The summed E-state index contributed by atoms with van der Waals surface area (Å²) in [4.78, 5) is 13.9. The summed E-state index contributed by atoms with van der Waals surface area (Å²) in [5, 5.41) is 2.90. The van der Waals surface area contributed by atoms with Crippen LogP contribution < -0.4 is 11.1 Å². The highest BCUT2D eigenvalue weighted by Gasteiger charge is 2.20. The van der Waals surface area contributed by atoms with Gasteiger partial charge in [0.2, 0.25) is 5.91 Å². The number of hydrogen-bond donors (Lipinski definition) is 2. The van der Waals surface area contributed by atoms with E-state index in [1.54, 1.807) is 12.1 Å². The minimum atomic E-state index is -0.263. The zero-order valence-corrected chi connectivity index (χ0v) is 15.0. The molecule has 3 unspecified atom stereocenters. The lowest BCUT2D eigenvalue weighted by atomic mass is 10.0. The highest BCUT2D eigenvalue weighted by Crippen LogP contribution is 2.18. The maximum absolute atomic E-state index is 13.0. The highest BCUT2D eigenvalue weighted by atomic mass is 35.5. The molecule has 0 aliphatic carbocycles. The van der Waals surface area contributed by atoms with Crippen molar-refractivity contribution in [1.82, 2.24) is 10.2 Å². The van der Waals surface area contributed by atoms with Crippen molar-refractivity contribution in [3.63, 3.8) is 0 Å². The average Bonchev–Trinajstić information content (AvgIpc) is 2.39. The molecular formula is C15H26Cl2FN3O. The Morgan fingerprint density at radius 3 is 2.14 bits per heavy atom. The zero-order chi connectivity index (χ0) is 15.3. The zero-order valence-electron chi connectivity index (χ0n) is 13.4. The molecule has 0 aliphatic heterocycles. The molecule has 128 valence electrons.